The summed E-state index contributed by atoms with van der Waals surface area (Å²) in [7, 11) is 5.49. The second-order valence-electron chi connectivity index (χ2n) is 15.3. The van der Waals surface area contributed by atoms with E-state index in [9.17, 15) is 19.5 Å². The van der Waals surface area contributed by atoms with E-state index in [4.69, 9.17) is 14.2 Å². The van der Waals surface area contributed by atoms with Crippen LogP contribution in [0.1, 0.15) is 155 Å². The van der Waals surface area contributed by atoms with Gasteiger partial charge in [-0.15, -0.1) is 0 Å². The Kier molecular flexibility index (Phi) is 35.5. The number of hydrogen-bond donors (Lipinski definition) is 1. The molecule has 0 spiro atoms. The predicted molar refractivity (Wildman–Crippen MR) is 229 cm³/mol. The number of carbonyl (C=O) groups excluding carboxylic acids is 2. The molecule has 0 radical (unpaired) electrons. The molecule has 8 nitrogen and oxygen atoms in total. The van der Waals surface area contributed by atoms with Crippen molar-refractivity contribution >= 4 is 17.9 Å². The first-order chi connectivity index (χ1) is 26.6. The number of allylic oxidation sites excluding steroid dienone is 12. The molecule has 0 saturated carbocycles. The lowest BCUT2D eigenvalue weighted by Crippen LogP contribution is -2.50. The number of carbonyl (C=O) groups is 3. The predicted octanol–water partition coefficient (Wildman–Crippen LogP) is 11.6. The maximum atomic E-state index is 12.7. The zero-order chi connectivity index (χ0) is 40.7. The number of esters is 2. The molecule has 0 aromatic carbocycles. The number of quaternary nitrogens is 1. The summed E-state index contributed by atoms with van der Waals surface area (Å²) in [6.07, 6.45) is 46.6. The molecule has 0 fully saturated rings. The standard InChI is InChI=1S/C47H79NO7/c1-6-8-10-12-14-16-18-20-21-22-23-24-26-27-29-31-33-35-37-45(49)54-42-43(41-53-40-39-44(47(51)52)48(3,4)5)55-46(50)38-36-34-32-30-28-25-19-17-15-13-11-9-7-2/h9,11,13,15,17,19,21-25,28,43-44H,6-8,10,12,14,16,18,20,26-27,29-42H2,1-5H3/p+1/b11-9+,15-13+,19-17+,22-21+,24-23+,28-25+. The van der Waals surface area contributed by atoms with E-state index in [0.29, 0.717) is 19.3 Å². The number of carboxylic acid groups (broad SMARTS) is 1. The molecule has 0 aliphatic rings. The molecule has 8 heteroatoms. The fourth-order valence-electron chi connectivity index (χ4n) is 5.86. The highest BCUT2D eigenvalue weighted by atomic mass is 16.6. The molecule has 1 N–H and O–H groups in total. The quantitative estimate of drug-likeness (QED) is 0.0291. The molecule has 0 aromatic heterocycles. The fraction of sp³-hybridized carbons (Fsp3) is 0.681. The van der Waals surface area contributed by atoms with Crippen LogP contribution in [0, 0.1) is 0 Å². The van der Waals surface area contributed by atoms with E-state index in [2.05, 4.69) is 50.3 Å². The van der Waals surface area contributed by atoms with Crippen molar-refractivity contribution in [2.24, 2.45) is 0 Å². The Morgan fingerprint density at radius 3 is 1.55 bits per heavy atom. The summed E-state index contributed by atoms with van der Waals surface area (Å²) in [5, 5.41) is 9.61. The zero-order valence-electron chi connectivity index (χ0n) is 35.6. The van der Waals surface area contributed by atoms with Crippen LogP contribution < -0.4 is 0 Å². The first-order valence-electron chi connectivity index (χ1n) is 21.5. The number of unbranched alkanes of at least 4 members (excludes halogenated alkanes) is 15. The van der Waals surface area contributed by atoms with Gasteiger partial charge in [0.2, 0.25) is 0 Å². The Labute approximate surface area is 336 Å². The lowest BCUT2D eigenvalue weighted by molar-refractivity contribution is -0.887. The maximum Gasteiger partial charge on any atom is 0.362 e. The Balaban J connectivity index is 4.43. The summed E-state index contributed by atoms with van der Waals surface area (Å²) in [6, 6.07) is -0.627. The van der Waals surface area contributed by atoms with E-state index in [1.165, 1.54) is 51.4 Å². The van der Waals surface area contributed by atoms with E-state index in [1.807, 2.05) is 57.6 Å². The summed E-state index contributed by atoms with van der Waals surface area (Å²) in [5.41, 5.74) is 0. The molecule has 0 aliphatic carbocycles. The van der Waals surface area contributed by atoms with Gasteiger partial charge >= 0.3 is 17.9 Å². The van der Waals surface area contributed by atoms with Crippen LogP contribution in [-0.4, -0.2) is 80.6 Å². The first kappa shape index (κ1) is 51.8. The Hall–Kier alpha value is -3.23. The third kappa shape index (κ3) is 36.2. The minimum Gasteiger partial charge on any atom is -0.477 e. The van der Waals surface area contributed by atoms with Crippen molar-refractivity contribution in [3.05, 3.63) is 72.9 Å². The normalized spacial score (nSPS) is 13.7. The highest BCUT2D eigenvalue weighted by molar-refractivity contribution is 5.72. The van der Waals surface area contributed by atoms with Crippen LogP contribution in [0.25, 0.3) is 0 Å². The van der Waals surface area contributed by atoms with Crippen molar-refractivity contribution < 1.29 is 38.2 Å². The van der Waals surface area contributed by atoms with Gasteiger partial charge in [-0.1, -0.05) is 151 Å². The van der Waals surface area contributed by atoms with E-state index in [-0.39, 0.29) is 42.7 Å². The van der Waals surface area contributed by atoms with Crippen molar-refractivity contribution in [3.8, 4) is 0 Å². The second kappa shape index (κ2) is 37.7. The van der Waals surface area contributed by atoms with Gasteiger partial charge in [0.1, 0.15) is 6.61 Å². The lowest BCUT2D eigenvalue weighted by atomic mass is 10.1. The third-order valence-electron chi connectivity index (χ3n) is 9.21. The van der Waals surface area contributed by atoms with Gasteiger partial charge < -0.3 is 23.8 Å². The number of nitrogens with zero attached hydrogens (tertiary/aromatic N) is 1. The van der Waals surface area contributed by atoms with Gasteiger partial charge in [-0.3, -0.25) is 9.59 Å². The number of rotatable bonds is 37. The van der Waals surface area contributed by atoms with Gasteiger partial charge in [-0.25, -0.2) is 4.79 Å². The van der Waals surface area contributed by atoms with Crippen LogP contribution >= 0.6 is 0 Å². The smallest absolute Gasteiger partial charge is 0.362 e. The molecule has 0 aromatic rings. The molecule has 0 aliphatic heterocycles. The summed E-state index contributed by atoms with van der Waals surface area (Å²) >= 11 is 0. The molecule has 2 unspecified atom stereocenters. The molecule has 0 bridgehead atoms. The molecular weight excluding hydrogens is 691 g/mol. The Bertz CT molecular complexity index is 1130. The van der Waals surface area contributed by atoms with E-state index < -0.39 is 18.1 Å². The van der Waals surface area contributed by atoms with Crippen molar-refractivity contribution in [2.45, 2.75) is 167 Å². The van der Waals surface area contributed by atoms with Gasteiger partial charge in [0.15, 0.2) is 12.1 Å². The molecule has 55 heavy (non-hydrogen) atoms. The molecule has 0 rings (SSSR count). The van der Waals surface area contributed by atoms with Crippen LogP contribution in [0.15, 0.2) is 72.9 Å². The van der Waals surface area contributed by atoms with Crippen LogP contribution in [0.2, 0.25) is 0 Å². The summed E-state index contributed by atoms with van der Waals surface area (Å²) in [5.74, 6) is -1.55. The lowest BCUT2D eigenvalue weighted by Gasteiger charge is -2.31. The minimum absolute atomic E-state index is 0.0360. The van der Waals surface area contributed by atoms with Gasteiger partial charge in [-0.2, -0.15) is 0 Å². The summed E-state index contributed by atoms with van der Waals surface area (Å²) < 4.78 is 17.2. The zero-order valence-corrected chi connectivity index (χ0v) is 35.6. The maximum absolute atomic E-state index is 12.7. The highest BCUT2D eigenvalue weighted by Gasteiger charge is 2.31. The molecular formula is C47H80NO7+. The average Bonchev–Trinajstić information content (AvgIpc) is 3.14. The number of carboxylic acids is 1. The van der Waals surface area contributed by atoms with Crippen LogP contribution in [0.4, 0.5) is 0 Å². The highest BCUT2D eigenvalue weighted by Crippen LogP contribution is 2.13. The van der Waals surface area contributed by atoms with Crippen LogP contribution in [0.5, 0.6) is 0 Å². The fourth-order valence-corrected chi connectivity index (χ4v) is 5.86. The molecule has 0 saturated heterocycles. The first-order valence-corrected chi connectivity index (χ1v) is 21.5. The largest absolute Gasteiger partial charge is 0.477 e. The average molecular weight is 771 g/mol. The number of aliphatic carboxylic acids is 1. The molecule has 0 heterocycles. The second-order valence-corrected chi connectivity index (χ2v) is 15.3. The minimum atomic E-state index is -0.888. The summed E-state index contributed by atoms with van der Waals surface area (Å²) in [6.45, 7) is 4.51. The van der Waals surface area contributed by atoms with Crippen molar-refractivity contribution in [1.82, 2.24) is 0 Å². The monoisotopic (exact) mass is 771 g/mol. The summed E-state index contributed by atoms with van der Waals surface area (Å²) in [4.78, 5) is 36.9. The van der Waals surface area contributed by atoms with Crippen molar-refractivity contribution in [3.63, 3.8) is 0 Å². The molecule has 2 atom stereocenters. The van der Waals surface area contributed by atoms with Crippen molar-refractivity contribution in [1.29, 1.82) is 0 Å². The van der Waals surface area contributed by atoms with Gasteiger partial charge in [0, 0.05) is 19.3 Å². The van der Waals surface area contributed by atoms with Crippen LogP contribution in [-0.2, 0) is 28.6 Å². The number of likely N-dealkylation sites (N-methyl/N-ethyl adjacent to an activating group) is 1. The van der Waals surface area contributed by atoms with E-state index in [0.717, 1.165) is 64.2 Å². The van der Waals surface area contributed by atoms with Crippen LogP contribution in [0.3, 0.4) is 0 Å². The number of hydrogen-bond acceptors (Lipinski definition) is 6. The van der Waals surface area contributed by atoms with Gasteiger partial charge in [0.05, 0.1) is 34.4 Å². The van der Waals surface area contributed by atoms with Gasteiger partial charge in [0.25, 0.3) is 0 Å². The van der Waals surface area contributed by atoms with E-state index >= 15 is 0 Å². The van der Waals surface area contributed by atoms with Gasteiger partial charge in [-0.05, 0) is 57.8 Å². The molecule has 314 valence electrons. The molecule has 0 amide bonds. The Morgan fingerprint density at radius 2 is 1.02 bits per heavy atom. The Morgan fingerprint density at radius 1 is 0.564 bits per heavy atom. The van der Waals surface area contributed by atoms with Crippen molar-refractivity contribution in [2.75, 3.05) is 41.0 Å². The number of ether oxygens (including phenoxy) is 3. The third-order valence-corrected chi connectivity index (χ3v) is 9.21. The van der Waals surface area contributed by atoms with E-state index in [1.54, 1.807) is 0 Å². The topological polar surface area (TPSA) is 99.1 Å². The SMILES string of the molecule is CC/C=C/C=C/C=C/C=C/CCCCCC(=O)OC(COCCC(C(=O)O)[N+](C)(C)C)COC(=O)CCCCCCC/C=C/C=C/CCCCCCCCC.